The van der Waals surface area contributed by atoms with Gasteiger partial charge in [-0.05, 0) is 37.0 Å². The zero-order valence-electron chi connectivity index (χ0n) is 11.2. The molecule has 4 nitrogen and oxygen atoms in total. The number of amides is 1. The zero-order valence-corrected chi connectivity index (χ0v) is 11.9. The number of benzene rings is 1. The van der Waals surface area contributed by atoms with Gasteiger partial charge in [0.15, 0.2) is 0 Å². The molecule has 1 saturated heterocycles. The number of halogens is 1. The Kier molecular flexibility index (Phi) is 4.53. The summed E-state index contributed by atoms with van der Waals surface area (Å²) < 4.78 is 0. The van der Waals surface area contributed by atoms with E-state index >= 15 is 0 Å². The third-order valence-corrected chi connectivity index (χ3v) is 3.82. The van der Waals surface area contributed by atoms with Gasteiger partial charge < -0.3 is 16.0 Å². The molecule has 0 spiro atoms. The standard InChI is InChI=1S/C14H20ClN3O/c1-10(19)17-9-11-4-6-18(7-5-11)14-3-2-12(15)8-13(14)16/h2-3,8,11H,4-7,9,16H2,1H3,(H,17,19). The van der Waals surface area contributed by atoms with E-state index in [0.29, 0.717) is 10.9 Å². The number of hydrogen-bond donors (Lipinski definition) is 2. The molecule has 0 atom stereocenters. The normalized spacial score (nSPS) is 16.4. The molecule has 0 bridgehead atoms. The van der Waals surface area contributed by atoms with Crippen molar-refractivity contribution in [3.63, 3.8) is 0 Å². The summed E-state index contributed by atoms with van der Waals surface area (Å²) >= 11 is 5.91. The number of carbonyl (C=O) groups excluding carboxylic acids is 1. The van der Waals surface area contributed by atoms with E-state index in [0.717, 1.165) is 43.9 Å². The van der Waals surface area contributed by atoms with E-state index in [1.54, 1.807) is 13.0 Å². The molecule has 1 aromatic carbocycles. The summed E-state index contributed by atoms with van der Waals surface area (Å²) in [6.45, 7) is 4.27. The molecule has 104 valence electrons. The number of nitrogens with two attached hydrogens (primary N) is 1. The van der Waals surface area contributed by atoms with E-state index in [-0.39, 0.29) is 5.91 Å². The second-order valence-corrected chi connectivity index (χ2v) is 5.51. The van der Waals surface area contributed by atoms with Gasteiger partial charge in [-0.1, -0.05) is 11.6 Å². The fraction of sp³-hybridized carbons (Fsp3) is 0.500. The number of rotatable bonds is 3. The maximum Gasteiger partial charge on any atom is 0.216 e. The molecule has 1 aliphatic heterocycles. The summed E-state index contributed by atoms with van der Waals surface area (Å²) in [6.07, 6.45) is 2.14. The second-order valence-electron chi connectivity index (χ2n) is 5.07. The van der Waals surface area contributed by atoms with Gasteiger partial charge in [0.05, 0.1) is 11.4 Å². The van der Waals surface area contributed by atoms with Crippen molar-refractivity contribution in [2.45, 2.75) is 19.8 Å². The Hall–Kier alpha value is -1.42. The number of nitrogens with one attached hydrogen (secondary N) is 1. The van der Waals surface area contributed by atoms with Crippen LogP contribution in [-0.2, 0) is 4.79 Å². The highest BCUT2D eigenvalue weighted by Gasteiger charge is 2.20. The van der Waals surface area contributed by atoms with E-state index in [2.05, 4.69) is 10.2 Å². The first-order chi connectivity index (χ1) is 9.06. The highest BCUT2D eigenvalue weighted by molar-refractivity contribution is 6.31. The van der Waals surface area contributed by atoms with E-state index in [9.17, 15) is 4.79 Å². The summed E-state index contributed by atoms with van der Waals surface area (Å²) in [6, 6.07) is 5.64. The summed E-state index contributed by atoms with van der Waals surface area (Å²) in [5, 5.41) is 3.56. The Balaban J connectivity index is 1.90. The highest BCUT2D eigenvalue weighted by Crippen LogP contribution is 2.29. The van der Waals surface area contributed by atoms with Crippen LogP contribution in [0, 0.1) is 5.92 Å². The lowest BCUT2D eigenvalue weighted by Gasteiger charge is -2.34. The third-order valence-electron chi connectivity index (χ3n) is 3.58. The molecular formula is C14H20ClN3O. The highest BCUT2D eigenvalue weighted by atomic mass is 35.5. The average Bonchev–Trinajstić information content (AvgIpc) is 2.37. The van der Waals surface area contributed by atoms with Gasteiger partial charge in [0, 0.05) is 31.6 Å². The Bertz CT molecular complexity index is 456. The van der Waals surface area contributed by atoms with E-state index in [4.69, 9.17) is 17.3 Å². The monoisotopic (exact) mass is 281 g/mol. The molecule has 1 aromatic rings. The Labute approximate surface area is 118 Å². The van der Waals surface area contributed by atoms with Crippen molar-refractivity contribution in [2.24, 2.45) is 5.92 Å². The molecule has 1 heterocycles. The topological polar surface area (TPSA) is 58.4 Å². The van der Waals surface area contributed by atoms with Crippen molar-refractivity contribution in [2.75, 3.05) is 30.3 Å². The summed E-state index contributed by atoms with van der Waals surface area (Å²) in [5.74, 6) is 0.609. The molecule has 19 heavy (non-hydrogen) atoms. The molecule has 0 saturated carbocycles. The molecule has 1 fully saturated rings. The van der Waals surface area contributed by atoms with Crippen LogP contribution in [-0.4, -0.2) is 25.5 Å². The third kappa shape index (κ3) is 3.77. The van der Waals surface area contributed by atoms with Crippen LogP contribution in [0.25, 0.3) is 0 Å². The SMILES string of the molecule is CC(=O)NCC1CCN(c2ccc(Cl)cc2N)CC1. The number of carbonyl (C=O) groups is 1. The van der Waals surface area contributed by atoms with Crippen LogP contribution in [0.3, 0.4) is 0 Å². The van der Waals surface area contributed by atoms with Gasteiger partial charge in [0.2, 0.25) is 5.91 Å². The molecule has 0 aromatic heterocycles. The second kappa shape index (κ2) is 6.15. The first-order valence-corrected chi connectivity index (χ1v) is 6.98. The first-order valence-electron chi connectivity index (χ1n) is 6.60. The largest absolute Gasteiger partial charge is 0.397 e. The Morgan fingerprint density at radius 3 is 2.74 bits per heavy atom. The fourth-order valence-corrected chi connectivity index (χ4v) is 2.66. The number of hydrogen-bond acceptors (Lipinski definition) is 3. The van der Waals surface area contributed by atoms with Gasteiger partial charge in [0.25, 0.3) is 0 Å². The number of piperidine rings is 1. The van der Waals surface area contributed by atoms with Crippen LogP contribution in [0.15, 0.2) is 18.2 Å². The molecule has 0 unspecified atom stereocenters. The van der Waals surface area contributed by atoms with E-state index < -0.39 is 0 Å². The van der Waals surface area contributed by atoms with Crippen LogP contribution in [0.4, 0.5) is 11.4 Å². The maximum absolute atomic E-state index is 10.9. The average molecular weight is 282 g/mol. The minimum absolute atomic E-state index is 0.0457. The van der Waals surface area contributed by atoms with Crippen LogP contribution < -0.4 is 16.0 Å². The molecule has 0 aliphatic carbocycles. The minimum atomic E-state index is 0.0457. The fourth-order valence-electron chi connectivity index (χ4n) is 2.48. The predicted octanol–water partition coefficient (Wildman–Crippen LogP) is 2.27. The molecule has 5 heteroatoms. The van der Waals surface area contributed by atoms with Crippen LogP contribution in [0.1, 0.15) is 19.8 Å². The molecule has 2 rings (SSSR count). The van der Waals surface area contributed by atoms with Crippen LogP contribution in [0.2, 0.25) is 5.02 Å². The number of anilines is 2. The van der Waals surface area contributed by atoms with Crippen molar-refractivity contribution in [3.05, 3.63) is 23.2 Å². The lowest BCUT2D eigenvalue weighted by atomic mass is 9.96. The van der Waals surface area contributed by atoms with Crippen molar-refractivity contribution in [3.8, 4) is 0 Å². The zero-order chi connectivity index (χ0) is 13.8. The van der Waals surface area contributed by atoms with Crippen molar-refractivity contribution in [1.29, 1.82) is 0 Å². The molecular weight excluding hydrogens is 262 g/mol. The smallest absolute Gasteiger partial charge is 0.216 e. The molecule has 3 N–H and O–H groups in total. The van der Waals surface area contributed by atoms with Gasteiger partial charge in [-0.25, -0.2) is 0 Å². The quantitative estimate of drug-likeness (QED) is 0.836. The summed E-state index contributed by atoms with van der Waals surface area (Å²) in [4.78, 5) is 13.2. The lowest BCUT2D eigenvalue weighted by molar-refractivity contribution is -0.119. The lowest BCUT2D eigenvalue weighted by Crippen LogP contribution is -2.38. The van der Waals surface area contributed by atoms with Gasteiger partial charge in [-0.3, -0.25) is 4.79 Å². The van der Waals surface area contributed by atoms with Crippen LogP contribution >= 0.6 is 11.6 Å². The molecule has 1 amide bonds. The van der Waals surface area contributed by atoms with Gasteiger partial charge >= 0.3 is 0 Å². The molecule has 1 aliphatic rings. The van der Waals surface area contributed by atoms with Crippen molar-refractivity contribution in [1.82, 2.24) is 5.32 Å². The van der Waals surface area contributed by atoms with Gasteiger partial charge in [0.1, 0.15) is 0 Å². The minimum Gasteiger partial charge on any atom is -0.397 e. The summed E-state index contributed by atoms with van der Waals surface area (Å²) in [7, 11) is 0. The van der Waals surface area contributed by atoms with Crippen molar-refractivity contribution < 1.29 is 4.79 Å². The predicted molar refractivity (Wildman–Crippen MR) is 79.5 cm³/mol. The van der Waals surface area contributed by atoms with Crippen LogP contribution in [0.5, 0.6) is 0 Å². The number of nitrogens with zero attached hydrogens (tertiary/aromatic N) is 1. The van der Waals surface area contributed by atoms with Gasteiger partial charge in [-0.15, -0.1) is 0 Å². The van der Waals surface area contributed by atoms with E-state index in [1.165, 1.54) is 0 Å². The summed E-state index contributed by atoms with van der Waals surface area (Å²) in [5.41, 5.74) is 7.79. The number of nitrogen functional groups attached to an aromatic ring is 1. The first kappa shape index (κ1) is 14.0. The Morgan fingerprint density at radius 1 is 1.47 bits per heavy atom. The molecule has 0 radical (unpaired) electrons. The van der Waals surface area contributed by atoms with Crippen molar-refractivity contribution >= 4 is 28.9 Å². The van der Waals surface area contributed by atoms with E-state index in [1.807, 2.05) is 12.1 Å². The Morgan fingerprint density at radius 2 is 2.16 bits per heavy atom. The maximum atomic E-state index is 10.9. The van der Waals surface area contributed by atoms with Gasteiger partial charge in [-0.2, -0.15) is 0 Å².